The Morgan fingerprint density at radius 3 is 2.73 bits per heavy atom. The molecule has 0 aliphatic rings. The minimum Gasteiger partial charge on any atom is -0.324 e. The van der Waals surface area contributed by atoms with E-state index < -0.39 is 0 Å². The number of nitrogens with two attached hydrogens (primary N) is 1. The molecule has 0 radical (unpaired) electrons. The van der Waals surface area contributed by atoms with Gasteiger partial charge in [0.1, 0.15) is 5.82 Å². The van der Waals surface area contributed by atoms with E-state index in [1.807, 2.05) is 12.1 Å². The number of hydrogen-bond donors (Lipinski definition) is 1. The Kier molecular flexibility index (Phi) is 6.21. The molecule has 1 rings (SSSR count). The van der Waals surface area contributed by atoms with E-state index in [1.54, 1.807) is 13.0 Å². The molecule has 0 aliphatic carbocycles. The maximum absolute atomic E-state index is 13.0. The van der Waals surface area contributed by atoms with Crippen molar-refractivity contribution in [1.82, 2.24) is 0 Å². The van der Waals surface area contributed by atoms with Gasteiger partial charge in [0.25, 0.3) is 0 Å². The number of benzene rings is 1. The molecule has 15 heavy (non-hydrogen) atoms. The monoisotopic (exact) mass is 229 g/mol. The third-order valence-electron chi connectivity index (χ3n) is 2.29. The maximum Gasteiger partial charge on any atom is 0.126 e. The molecule has 0 aromatic heterocycles. The van der Waals surface area contributed by atoms with E-state index in [2.05, 4.69) is 6.58 Å². The molecule has 0 spiro atoms. The average Bonchev–Trinajstić information content (AvgIpc) is 2.18. The zero-order valence-electron chi connectivity index (χ0n) is 8.87. The van der Waals surface area contributed by atoms with Crippen molar-refractivity contribution in [3.63, 3.8) is 0 Å². The number of allylic oxidation sites excluding steroid dienone is 1. The summed E-state index contributed by atoms with van der Waals surface area (Å²) in [6.45, 7) is 5.39. The van der Waals surface area contributed by atoms with Crippen LogP contribution in [0.2, 0.25) is 0 Å². The first-order chi connectivity index (χ1) is 6.65. The van der Waals surface area contributed by atoms with Gasteiger partial charge >= 0.3 is 0 Å². The molecule has 0 unspecified atom stereocenters. The molecule has 1 aromatic carbocycles. The molecule has 0 amide bonds. The Morgan fingerprint density at radius 1 is 1.53 bits per heavy atom. The van der Waals surface area contributed by atoms with E-state index in [0.29, 0.717) is 5.56 Å². The molecule has 0 aliphatic heterocycles. The van der Waals surface area contributed by atoms with Crippen molar-refractivity contribution >= 4 is 12.4 Å². The lowest BCUT2D eigenvalue weighted by Gasteiger charge is -2.11. The van der Waals surface area contributed by atoms with Gasteiger partial charge in [0.15, 0.2) is 0 Å². The molecule has 2 N–H and O–H groups in total. The summed E-state index contributed by atoms with van der Waals surface area (Å²) < 4.78 is 13.0. The third kappa shape index (κ3) is 4.02. The van der Waals surface area contributed by atoms with Gasteiger partial charge in [-0.1, -0.05) is 18.2 Å². The fraction of sp³-hybridized carbons (Fsp3) is 0.333. The summed E-state index contributed by atoms with van der Waals surface area (Å²) in [6.07, 6.45) is 3.59. The van der Waals surface area contributed by atoms with Gasteiger partial charge in [0, 0.05) is 6.04 Å². The van der Waals surface area contributed by atoms with Crippen molar-refractivity contribution in [2.24, 2.45) is 5.73 Å². The SMILES string of the molecule is C=CCC[C@H](N)c1ccc(F)c(C)c1.Cl. The van der Waals surface area contributed by atoms with Crippen LogP contribution in [0.1, 0.15) is 30.0 Å². The van der Waals surface area contributed by atoms with Gasteiger partial charge in [0.2, 0.25) is 0 Å². The molecule has 1 aromatic rings. The molecule has 0 bridgehead atoms. The summed E-state index contributed by atoms with van der Waals surface area (Å²) in [6, 6.07) is 5.00. The second-order valence-corrected chi connectivity index (χ2v) is 3.48. The normalized spacial score (nSPS) is 11.7. The number of hydrogen-bond acceptors (Lipinski definition) is 1. The van der Waals surface area contributed by atoms with Crippen LogP contribution < -0.4 is 5.73 Å². The van der Waals surface area contributed by atoms with E-state index in [0.717, 1.165) is 18.4 Å². The Hall–Kier alpha value is -0.860. The Bertz CT molecular complexity index is 325. The van der Waals surface area contributed by atoms with E-state index in [9.17, 15) is 4.39 Å². The zero-order chi connectivity index (χ0) is 10.6. The smallest absolute Gasteiger partial charge is 0.126 e. The van der Waals surface area contributed by atoms with Crippen molar-refractivity contribution in [3.8, 4) is 0 Å². The zero-order valence-corrected chi connectivity index (χ0v) is 9.69. The van der Waals surface area contributed by atoms with Gasteiger partial charge in [-0.05, 0) is 37.0 Å². The number of rotatable bonds is 4. The van der Waals surface area contributed by atoms with Gasteiger partial charge < -0.3 is 5.73 Å². The first kappa shape index (κ1) is 14.1. The van der Waals surface area contributed by atoms with Crippen molar-refractivity contribution in [2.45, 2.75) is 25.8 Å². The van der Waals surface area contributed by atoms with Crippen LogP contribution in [0.5, 0.6) is 0 Å². The fourth-order valence-corrected chi connectivity index (χ4v) is 1.36. The van der Waals surface area contributed by atoms with Gasteiger partial charge in [-0.25, -0.2) is 4.39 Å². The minimum absolute atomic E-state index is 0. The lowest BCUT2D eigenvalue weighted by atomic mass is 10.0. The molecular weight excluding hydrogens is 213 g/mol. The number of halogens is 2. The second-order valence-electron chi connectivity index (χ2n) is 3.48. The molecule has 0 fully saturated rings. The molecule has 0 saturated heterocycles. The first-order valence-corrected chi connectivity index (χ1v) is 4.77. The standard InChI is InChI=1S/C12H16FN.ClH/c1-3-4-5-12(14)10-6-7-11(13)9(2)8-10;/h3,6-8,12H,1,4-5,14H2,2H3;1H/t12-;/m0./s1. The molecule has 84 valence electrons. The Morgan fingerprint density at radius 2 is 2.20 bits per heavy atom. The highest BCUT2D eigenvalue weighted by molar-refractivity contribution is 5.85. The van der Waals surface area contributed by atoms with E-state index in [4.69, 9.17) is 5.73 Å². The van der Waals surface area contributed by atoms with E-state index in [-0.39, 0.29) is 24.3 Å². The average molecular weight is 230 g/mol. The van der Waals surface area contributed by atoms with Gasteiger partial charge in [-0.15, -0.1) is 19.0 Å². The van der Waals surface area contributed by atoms with Gasteiger partial charge in [0.05, 0.1) is 0 Å². The highest BCUT2D eigenvalue weighted by Crippen LogP contribution is 2.18. The van der Waals surface area contributed by atoms with Crippen molar-refractivity contribution in [3.05, 3.63) is 47.8 Å². The Balaban J connectivity index is 0.00000196. The highest BCUT2D eigenvalue weighted by atomic mass is 35.5. The third-order valence-corrected chi connectivity index (χ3v) is 2.29. The lowest BCUT2D eigenvalue weighted by Crippen LogP contribution is -2.10. The topological polar surface area (TPSA) is 26.0 Å². The molecular formula is C12H17ClFN. The van der Waals surface area contributed by atoms with Crippen LogP contribution in [0.25, 0.3) is 0 Å². The molecule has 0 heterocycles. The summed E-state index contributed by atoms with van der Waals surface area (Å²) >= 11 is 0. The molecule has 1 atom stereocenters. The quantitative estimate of drug-likeness (QED) is 0.786. The Labute approximate surface area is 96.6 Å². The van der Waals surface area contributed by atoms with Crippen LogP contribution in [0.4, 0.5) is 4.39 Å². The van der Waals surface area contributed by atoms with Crippen LogP contribution in [0.3, 0.4) is 0 Å². The van der Waals surface area contributed by atoms with Crippen molar-refractivity contribution in [1.29, 1.82) is 0 Å². The summed E-state index contributed by atoms with van der Waals surface area (Å²) in [5.74, 6) is -0.176. The lowest BCUT2D eigenvalue weighted by molar-refractivity contribution is 0.611. The van der Waals surface area contributed by atoms with Crippen molar-refractivity contribution < 1.29 is 4.39 Å². The summed E-state index contributed by atoms with van der Waals surface area (Å²) in [4.78, 5) is 0. The van der Waals surface area contributed by atoms with Crippen LogP contribution in [-0.4, -0.2) is 0 Å². The second kappa shape index (κ2) is 6.59. The summed E-state index contributed by atoms with van der Waals surface area (Å²) in [5, 5.41) is 0. The van der Waals surface area contributed by atoms with Crippen LogP contribution in [0.15, 0.2) is 30.9 Å². The highest BCUT2D eigenvalue weighted by Gasteiger charge is 2.06. The predicted octanol–water partition coefficient (Wildman–Crippen LogP) is 3.52. The largest absolute Gasteiger partial charge is 0.324 e. The number of aryl methyl sites for hydroxylation is 1. The summed E-state index contributed by atoms with van der Waals surface area (Å²) in [7, 11) is 0. The van der Waals surface area contributed by atoms with E-state index in [1.165, 1.54) is 6.07 Å². The van der Waals surface area contributed by atoms with Crippen LogP contribution in [0, 0.1) is 12.7 Å². The summed E-state index contributed by atoms with van der Waals surface area (Å²) in [5.41, 5.74) is 7.57. The van der Waals surface area contributed by atoms with Crippen LogP contribution in [-0.2, 0) is 0 Å². The molecule has 3 heteroatoms. The minimum atomic E-state index is -0.176. The van der Waals surface area contributed by atoms with Gasteiger partial charge in [-0.2, -0.15) is 0 Å². The molecule has 1 nitrogen and oxygen atoms in total. The van der Waals surface area contributed by atoms with Crippen molar-refractivity contribution in [2.75, 3.05) is 0 Å². The molecule has 0 saturated carbocycles. The maximum atomic E-state index is 13.0. The fourth-order valence-electron chi connectivity index (χ4n) is 1.36. The van der Waals surface area contributed by atoms with E-state index >= 15 is 0 Å². The first-order valence-electron chi connectivity index (χ1n) is 4.77. The van der Waals surface area contributed by atoms with Gasteiger partial charge in [-0.3, -0.25) is 0 Å². The van der Waals surface area contributed by atoms with Crippen LogP contribution >= 0.6 is 12.4 Å². The predicted molar refractivity (Wildman–Crippen MR) is 64.7 cm³/mol.